The molecule has 0 fully saturated rings. The minimum Gasteiger partial charge on any atom is -0.466 e. The molecule has 3 heterocycles. The zero-order valence-corrected chi connectivity index (χ0v) is 15.9. The minimum atomic E-state index is -0.650. The number of methoxy groups -OCH3 is 2. The van der Waals surface area contributed by atoms with Crippen LogP contribution < -0.4 is 4.90 Å². The summed E-state index contributed by atoms with van der Waals surface area (Å²) in [6, 6.07) is 9.14. The molecule has 144 valence electrons. The highest BCUT2D eigenvalue weighted by Gasteiger charge is 2.32. The Kier molecular flexibility index (Phi) is 4.84. The summed E-state index contributed by atoms with van der Waals surface area (Å²) in [5.41, 5.74) is 2.03. The molecule has 0 aliphatic carbocycles. The Labute approximate surface area is 163 Å². The van der Waals surface area contributed by atoms with Crippen LogP contribution in [0, 0.1) is 0 Å². The molecule has 9 heteroatoms. The van der Waals surface area contributed by atoms with E-state index in [-0.39, 0.29) is 24.6 Å². The number of hydrogen-bond donors (Lipinski definition) is 0. The summed E-state index contributed by atoms with van der Waals surface area (Å²) in [6.07, 6.45) is 0. The zero-order chi connectivity index (χ0) is 19.7. The first-order valence-corrected chi connectivity index (χ1v) is 9.20. The molecule has 0 radical (unpaired) electrons. The fourth-order valence-electron chi connectivity index (χ4n) is 2.94. The molecule has 0 saturated carbocycles. The molecule has 1 aliphatic heterocycles. The molecule has 0 bridgehead atoms. The number of nitrogens with zero attached hydrogens (tertiary/aromatic N) is 2. The van der Waals surface area contributed by atoms with Crippen LogP contribution in [0.15, 0.2) is 51.4 Å². The fourth-order valence-corrected chi connectivity index (χ4v) is 3.59. The number of fused-ring (bicyclic) bond motifs is 1. The summed E-state index contributed by atoms with van der Waals surface area (Å²) in [5, 5.41) is 1.95. The molecule has 1 aromatic carbocycles. The molecule has 0 atom stereocenters. The minimum absolute atomic E-state index is 0.0393. The van der Waals surface area contributed by atoms with Crippen molar-refractivity contribution in [2.24, 2.45) is 0 Å². The topological polar surface area (TPSA) is 91.1 Å². The van der Waals surface area contributed by atoms with Crippen molar-refractivity contribution in [1.29, 1.82) is 0 Å². The third-order valence-corrected chi connectivity index (χ3v) is 5.11. The van der Waals surface area contributed by atoms with Gasteiger partial charge in [-0.3, -0.25) is 0 Å². The number of aromatic nitrogens is 1. The van der Waals surface area contributed by atoms with Gasteiger partial charge in [0.25, 0.3) is 0 Å². The van der Waals surface area contributed by atoms with Crippen LogP contribution in [0.1, 0.15) is 0 Å². The quantitative estimate of drug-likeness (QED) is 0.618. The van der Waals surface area contributed by atoms with Crippen molar-refractivity contribution in [3.63, 3.8) is 0 Å². The normalized spacial score (nSPS) is 14.4. The van der Waals surface area contributed by atoms with E-state index in [0.717, 1.165) is 4.88 Å². The van der Waals surface area contributed by atoms with Crippen molar-refractivity contribution >= 4 is 40.1 Å². The van der Waals surface area contributed by atoms with Gasteiger partial charge in [-0.15, -0.1) is 11.3 Å². The molecule has 3 aromatic rings. The largest absolute Gasteiger partial charge is 0.466 e. The summed E-state index contributed by atoms with van der Waals surface area (Å²) >= 11 is 1.53. The van der Waals surface area contributed by atoms with Gasteiger partial charge in [0.2, 0.25) is 5.89 Å². The van der Waals surface area contributed by atoms with Crippen molar-refractivity contribution < 1.29 is 28.2 Å². The summed E-state index contributed by atoms with van der Waals surface area (Å²) < 4.78 is 20.9. The Bertz CT molecular complexity index is 1070. The monoisotopic (exact) mass is 400 g/mol. The number of hydrogen-bond acceptors (Lipinski definition) is 9. The lowest BCUT2D eigenvalue weighted by Gasteiger charge is -2.31. The first kappa shape index (κ1) is 18.2. The average molecular weight is 400 g/mol. The van der Waals surface area contributed by atoms with Gasteiger partial charge in [0, 0.05) is 5.69 Å². The lowest BCUT2D eigenvalue weighted by atomic mass is 10.1. The van der Waals surface area contributed by atoms with Gasteiger partial charge in [0.1, 0.15) is 17.9 Å². The van der Waals surface area contributed by atoms with Crippen LogP contribution in [0.3, 0.4) is 0 Å². The number of rotatable bonds is 4. The molecule has 0 spiro atoms. The number of benzene rings is 1. The van der Waals surface area contributed by atoms with Gasteiger partial charge in [-0.1, -0.05) is 6.07 Å². The van der Waals surface area contributed by atoms with Crippen molar-refractivity contribution in [3.05, 3.63) is 47.0 Å². The molecule has 0 unspecified atom stereocenters. The van der Waals surface area contributed by atoms with Gasteiger partial charge in [-0.2, -0.15) is 0 Å². The number of esters is 2. The van der Waals surface area contributed by atoms with E-state index < -0.39 is 11.9 Å². The molecular weight excluding hydrogens is 384 g/mol. The summed E-state index contributed by atoms with van der Waals surface area (Å²) in [5.74, 6) is -0.771. The SMILES string of the molecule is COC(=O)C1=C(C(=O)OC)N(c2ccc3oc(-c4cccs4)nc3c2)COC1. The first-order valence-electron chi connectivity index (χ1n) is 8.32. The van der Waals surface area contributed by atoms with Crippen LogP contribution in [0.25, 0.3) is 21.9 Å². The van der Waals surface area contributed by atoms with Gasteiger partial charge in [0.15, 0.2) is 5.58 Å². The van der Waals surface area contributed by atoms with Gasteiger partial charge < -0.3 is 23.5 Å². The number of anilines is 1. The van der Waals surface area contributed by atoms with Crippen LogP contribution >= 0.6 is 11.3 Å². The highest BCUT2D eigenvalue weighted by molar-refractivity contribution is 7.13. The third-order valence-electron chi connectivity index (χ3n) is 4.25. The number of thiophene rings is 1. The Morgan fingerprint density at radius 2 is 2.00 bits per heavy atom. The molecular formula is C19H16N2O6S. The molecule has 8 nitrogen and oxygen atoms in total. The lowest BCUT2D eigenvalue weighted by molar-refractivity contribution is -0.140. The van der Waals surface area contributed by atoms with Crippen LogP contribution in [0.4, 0.5) is 5.69 Å². The van der Waals surface area contributed by atoms with E-state index in [1.54, 1.807) is 23.1 Å². The van der Waals surface area contributed by atoms with Crippen LogP contribution in [0.5, 0.6) is 0 Å². The van der Waals surface area contributed by atoms with Crippen LogP contribution in [-0.4, -0.2) is 44.5 Å². The van der Waals surface area contributed by atoms with Gasteiger partial charge in [-0.05, 0) is 29.6 Å². The van der Waals surface area contributed by atoms with E-state index in [1.165, 1.54) is 25.6 Å². The third kappa shape index (κ3) is 3.14. The Balaban J connectivity index is 1.78. The van der Waals surface area contributed by atoms with Gasteiger partial charge >= 0.3 is 11.9 Å². The smallest absolute Gasteiger partial charge is 0.355 e. The van der Waals surface area contributed by atoms with E-state index in [4.69, 9.17) is 18.6 Å². The van der Waals surface area contributed by atoms with Crippen molar-refractivity contribution in [2.75, 3.05) is 32.5 Å². The maximum atomic E-state index is 12.4. The number of carbonyl (C=O) groups is 2. The van der Waals surface area contributed by atoms with Crippen molar-refractivity contribution in [2.45, 2.75) is 0 Å². The highest BCUT2D eigenvalue weighted by Crippen LogP contribution is 2.32. The summed E-state index contributed by atoms with van der Waals surface area (Å²) in [4.78, 5) is 31.5. The lowest BCUT2D eigenvalue weighted by Crippen LogP contribution is -2.38. The second-order valence-electron chi connectivity index (χ2n) is 5.86. The first-order chi connectivity index (χ1) is 13.6. The molecule has 0 amide bonds. The standard InChI is InChI=1S/C19H16N2O6S/c1-24-18(22)12-9-26-10-21(16(12)19(23)25-2)11-5-6-14-13(8-11)20-17(27-14)15-4-3-7-28-15/h3-8H,9-10H2,1-2H3. The van der Waals surface area contributed by atoms with Crippen molar-refractivity contribution in [3.8, 4) is 10.8 Å². The molecule has 1 aliphatic rings. The molecule has 28 heavy (non-hydrogen) atoms. The predicted octanol–water partition coefficient (Wildman–Crippen LogP) is 2.95. The van der Waals surface area contributed by atoms with E-state index >= 15 is 0 Å². The van der Waals surface area contributed by atoms with Gasteiger partial charge in [0.05, 0.1) is 31.3 Å². The van der Waals surface area contributed by atoms with E-state index in [9.17, 15) is 9.59 Å². The van der Waals surface area contributed by atoms with E-state index in [2.05, 4.69) is 4.98 Å². The second kappa shape index (κ2) is 7.45. The fraction of sp³-hybridized carbons (Fsp3) is 0.211. The van der Waals surface area contributed by atoms with Gasteiger partial charge in [-0.25, -0.2) is 14.6 Å². The highest BCUT2D eigenvalue weighted by atomic mass is 32.1. The summed E-state index contributed by atoms with van der Waals surface area (Å²) in [6.45, 7) is 0.0361. The predicted molar refractivity (Wildman–Crippen MR) is 102 cm³/mol. The Morgan fingerprint density at radius 3 is 2.71 bits per heavy atom. The molecule has 0 N–H and O–H groups in total. The molecule has 4 rings (SSSR count). The van der Waals surface area contributed by atoms with Crippen LogP contribution in [0.2, 0.25) is 0 Å². The second-order valence-corrected chi connectivity index (χ2v) is 6.81. The Morgan fingerprint density at radius 1 is 1.18 bits per heavy atom. The number of oxazole rings is 1. The Hall–Kier alpha value is -3.17. The van der Waals surface area contributed by atoms with E-state index in [0.29, 0.717) is 22.7 Å². The van der Waals surface area contributed by atoms with Crippen LogP contribution in [-0.2, 0) is 23.8 Å². The molecule has 0 saturated heterocycles. The summed E-state index contributed by atoms with van der Waals surface area (Å²) in [7, 11) is 2.50. The maximum absolute atomic E-state index is 12.4. The molecule has 2 aromatic heterocycles. The number of carbonyl (C=O) groups excluding carboxylic acids is 2. The number of ether oxygens (including phenoxy) is 3. The zero-order valence-electron chi connectivity index (χ0n) is 15.1. The average Bonchev–Trinajstić information content (AvgIpc) is 3.40. The van der Waals surface area contributed by atoms with E-state index in [1.807, 2.05) is 17.5 Å². The maximum Gasteiger partial charge on any atom is 0.355 e. The van der Waals surface area contributed by atoms with Crippen molar-refractivity contribution in [1.82, 2.24) is 4.98 Å².